The zero-order valence-corrected chi connectivity index (χ0v) is 13.0. The van der Waals surface area contributed by atoms with Gasteiger partial charge in [-0.05, 0) is 0 Å². The lowest BCUT2D eigenvalue weighted by molar-refractivity contribution is -0.324. The first kappa shape index (κ1) is 20.4. The Balaban J connectivity index is 2.14. The minimum atomic E-state index is -2.82. The molecule has 0 amide bonds. The third-order valence-corrected chi connectivity index (χ3v) is 4.24. The van der Waals surface area contributed by atoms with Crippen LogP contribution < -0.4 is 0 Å². The third-order valence-electron chi connectivity index (χ3n) is 4.24. The Morgan fingerprint density at radius 1 is 1.16 bits per heavy atom. The Kier molecular flexibility index (Phi) is 6.32. The van der Waals surface area contributed by atoms with Gasteiger partial charge in [-0.15, -0.1) is 0 Å². The van der Waals surface area contributed by atoms with Crippen molar-refractivity contribution in [2.24, 2.45) is 0 Å². The summed E-state index contributed by atoms with van der Waals surface area (Å²) in [7, 11) is 0. The van der Waals surface area contributed by atoms with Gasteiger partial charge in [-0.2, -0.15) is 0 Å². The van der Waals surface area contributed by atoms with Crippen LogP contribution in [0, 0.1) is 0 Å². The topological polar surface area (TPSA) is 207 Å². The second-order valence-corrected chi connectivity index (χ2v) is 6.00. The normalized spacial score (nSPS) is 46.1. The summed E-state index contributed by atoms with van der Waals surface area (Å²) in [6.45, 7) is -1.49. The number of hydrogen-bond acceptors (Lipinski definition) is 11. The molecule has 0 spiro atoms. The number of aliphatic carboxylic acids is 1. The summed E-state index contributed by atoms with van der Waals surface area (Å²) < 4.78 is 15.2. The molecular formula is C13H22O12. The minimum Gasteiger partial charge on any atom is -0.477 e. The van der Waals surface area contributed by atoms with Gasteiger partial charge < -0.3 is 55.1 Å². The Labute approximate surface area is 141 Å². The lowest BCUT2D eigenvalue weighted by Crippen LogP contribution is -2.62. The molecule has 2 aliphatic rings. The minimum absolute atomic E-state index is 0.623. The van der Waals surface area contributed by atoms with Crippen LogP contribution in [-0.4, -0.2) is 115 Å². The maximum absolute atomic E-state index is 11.1. The van der Waals surface area contributed by atoms with Crippen LogP contribution in [0.2, 0.25) is 0 Å². The van der Waals surface area contributed by atoms with E-state index in [1.807, 2.05) is 0 Å². The van der Waals surface area contributed by atoms with Crippen LogP contribution in [0.1, 0.15) is 6.42 Å². The van der Waals surface area contributed by atoms with Gasteiger partial charge >= 0.3 is 5.97 Å². The van der Waals surface area contributed by atoms with Crippen LogP contribution in [0.25, 0.3) is 0 Å². The quantitative estimate of drug-likeness (QED) is 0.221. The second-order valence-electron chi connectivity index (χ2n) is 6.00. The fourth-order valence-corrected chi connectivity index (χ4v) is 2.77. The van der Waals surface area contributed by atoms with E-state index in [4.69, 9.17) is 24.4 Å². The summed E-state index contributed by atoms with van der Waals surface area (Å²) in [5, 5.41) is 76.6. The maximum Gasteiger partial charge on any atom is 0.364 e. The van der Waals surface area contributed by atoms with Crippen LogP contribution in [0.4, 0.5) is 0 Å². The van der Waals surface area contributed by atoms with Gasteiger partial charge in [-0.25, -0.2) is 4.79 Å². The van der Waals surface area contributed by atoms with Gasteiger partial charge in [0.1, 0.15) is 36.6 Å². The summed E-state index contributed by atoms with van der Waals surface area (Å²) in [6.07, 6.45) is -13.2. The van der Waals surface area contributed by atoms with Crippen molar-refractivity contribution < 1.29 is 59.9 Å². The molecule has 2 aliphatic heterocycles. The number of carbonyl (C=O) groups is 1. The molecule has 12 nitrogen and oxygen atoms in total. The van der Waals surface area contributed by atoms with Crippen molar-refractivity contribution in [1.82, 2.24) is 0 Å². The predicted octanol–water partition coefficient (Wildman–Crippen LogP) is -4.91. The summed E-state index contributed by atoms with van der Waals surface area (Å²) in [6, 6.07) is 0. The standard InChI is InChI=1S/C13H22O12/c14-2-5-8(18)9(19)11(23-5)24-6(3-15)10-7(17)4(16)1-13(22,25-10)12(20)21/h4-11,14-19,22H,1-3H2,(H,20,21)/t4-,5-,6-,7-,8-,9-,10-,11+,13?/m1/s1. The molecule has 9 atom stereocenters. The van der Waals surface area contributed by atoms with Crippen molar-refractivity contribution in [1.29, 1.82) is 0 Å². The highest BCUT2D eigenvalue weighted by Gasteiger charge is 2.54. The van der Waals surface area contributed by atoms with E-state index in [1.165, 1.54) is 0 Å². The molecule has 2 rings (SSSR count). The SMILES string of the molecule is O=C(O)C1(O)C[C@@H](O)[C@@H](O)[C@@H]([C@@H](CO)O[C@@H]2O[C@H](CO)[C@@H](O)[C@H]2O)O1. The van der Waals surface area contributed by atoms with Crippen LogP contribution in [0.5, 0.6) is 0 Å². The van der Waals surface area contributed by atoms with Crippen molar-refractivity contribution >= 4 is 5.97 Å². The molecule has 0 aliphatic carbocycles. The Hall–Kier alpha value is -0.930. The maximum atomic E-state index is 11.1. The number of rotatable bonds is 6. The zero-order valence-electron chi connectivity index (χ0n) is 13.0. The lowest BCUT2D eigenvalue weighted by Gasteiger charge is -2.42. The average Bonchev–Trinajstić information content (AvgIpc) is 2.83. The van der Waals surface area contributed by atoms with Crippen LogP contribution in [0.15, 0.2) is 0 Å². The molecule has 2 saturated heterocycles. The number of carboxylic acids is 1. The molecule has 146 valence electrons. The van der Waals surface area contributed by atoms with Gasteiger partial charge in [0.2, 0.25) is 0 Å². The third kappa shape index (κ3) is 3.93. The Morgan fingerprint density at radius 2 is 1.80 bits per heavy atom. The monoisotopic (exact) mass is 370 g/mol. The van der Waals surface area contributed by atoms with Crippen LogP contribution in [0.3, 0.4) is 0 Å². The molecule has 0 aromatic rings. The molecular weight excluding hydrogens is 348 g/mol. The van der Waals surface area contributed by atoms with Crippen LogP contribution >= 0.6 is 0 Å². The van der Waals surface area contributed by atoms with Gasteiger partial charge in [-0.3, -0.25) is 0 Å². The number of ether oxygens (including phenoxy) is 3. The molecule has 12 heteroatoms. The van der Waals surface area contributed by atoms with Crippen molar-refractivity contribution in [2.75, 3.05) is 13.2 Å². The first-order valence-electron chi connectivity index (χ1n) is 7.53. The van der Waals surface area contributed by atoms with E-state index in [9.17, 15) is 35.4 Å². The van der Waals surface area contributed by atoms with E-state index in [2.05, 4.69) is 0 Å². The zero-order chi connectivity index (χ0) is 18.9. The summed E-state index contributed by atoms with van der Waals surface area (Å²) in [4.78, 5) is 11.1. The van der Waals surface area contributed by atoms with E-state index in [0.29, 0.717) is 0 Å². The molecule has 8 N–H and O–H groups in total. The molecule has 0 aromatic heterocycles. The largest absolute Gasteiger partial charge is 0.477 e. The van der Waals surface area contributed by atoms with Crippen molar-refractivity contribution in [3.05, 3.63) is 0 Å². The molecule has 2 fully saturated rings. The van der Waals surface area contributed by atoms with Gasteiger partial charge in [0, 0.05) is 6.42 Å². The molecule has 25 heavy (non-hydrogen) atoms. The molecule has 2 heterocycles. The molecule has 1 unspecified atom stereocenters. The van der Waals surface area contributed by atoms with Crippen LogP contribution in [-0.2, 0) is 19.0 Å². The first-order valence-corrected chi connectivity index (χ1v) is 7.53. The smallest absolute Gasteiger partial charge is 0.364 e. The molecule has 0 bridgehead atoms. The Bertz CT molecular complexity index is 474. The fraction of sp³-hybridized carbons (Fsp3) is 0.923. The lowest BCUT2D eigenvalue weighted by atomic mass is 9.92. The van der Waals surface area contributed by atoms with Crippen molar-refractivity contribution in [3.8, 4) is 0 Å². The first-order chi connectivity index (χ1) is 11.6. The summed E-state index contributed by atoms with van der Waals surface area (Å²) in [5.74, 6) is -4.63. The van der Waals surface area contributed by atoms with Gasteiger partial charge in [0.15, 0.2) is 6.29 Å². The number of aliphatic hydroxyl groups excluding tert-OH is 6. The highest BCUT2D eigenvalue weighted by molar-refractivity contribution is 5.75. The fourth-order valence-electron chi connectivity index (χ4n) is 2.77. The molecule has 0 radical (unpaired) electrons. The van der Waals surface area contributed by atoms with E-state index in [-0.39, 0.29) is 0 Å². The van der Waals surface area contributed by atoms with Crippen molar-refractivity contribution in [3.63, 3.8) is 0 Å². The van der Waals surface area contributed by atoms with Gasteiger partial charge in [-0.1, -0.05) is 0 Å². The summed E-state index contributed by atoms with van der Waals surface area (Å²) in [5.41, 5.74) is 0. The van der Waals surface area contributed by atoms with Gasteiger partial charge in [0.25, 0.3) is 5.79 Å². The number of hydrogen-bond donors (Lipinski definition) is 8. The van der Waals surface area contributed by atoms with E-state index in [1.54, 1.807) is 0 Å². The highest BCUT2D eigenvalue weighted by atomic mass is 16.7. The highest BCUT2D eigenvalue weighted by Crippen LogP contribution is 2.32. The van der Waals surface area contributed by atoms with E-state index >= 15 is 0 Å². The summed E-state index contributed by atoms with van der Waals surface area (Å²) >= 11 is 0. The van der Waals surface area contributed by atoms with E-state index < -0.39 is 80.4 Å². The van der Waals surface area contributed by atoms with Crippen molar-refractivity contribution in [2.45, 2.75) is 61.2 Å². The van der Waals surface area contributed by atoms with E-state index in [0.717, 1.165) is 0 Å². The van der Waals surface area contributed by atoms with Gasteiger partial charge in [0.05, 0.1) is 19.3 Å². The number of aliphatic hydroxyl groups is 7. The molecule has 0 saturated carbocycles. The number of carboxylic acid groups (broad SMARTS) is 1. The average molecular weight is 370 g/mol. The second kappa shape index (κ2) is 7.75. The predicted molar refractivity (Wildman–Crippen MR) is 73.8 cm³/mol. The molecule has 0 aromatic carbocycles. The Morgan fingerprint density at radius 3 is 2.28 bits per heavy atom.